The van der Waals surface area contributed by atoms with Gasteiger partial charge in [-0.25, -0.2) is 0 Å². The van der Waals surface area contributed by atoms with E-state index in [4.69, 9.17) is 18.9 Å². The molecule has 0 saturated heterocycles. The Morgan fingerprint density at radius 3 is 1.79 bits per heavy atom. The molecule has 0 amide bonds. The highest BCUT2D eigenvalue weighted by molar-refractivity contribution is 5.69. The predicted molar refractivity (Wildman–Crippen MR) is 145 cm³/mol. The van der Waals surface area contributed by atoms with Gasteiger partial charge in [-0.1, -0.05) is 38.3 Å². The number of phenols is 2. The molecule has 0 spiro atoms. The van der Waals surface area contributed by atoms with E-state index in [1.807, 2.05) is 6.07 Å². The molecule has 8 nitrogen and oxygen atoms in total. The van der Waals surface area contributed by atoms with Crippen molar-refractivity contribution in [3.05, 3.63) is 47.5 Å². The van der Waals surface area contributed by atoms with Crippen LogP contribution < -0.4 is 9.47 Å². The normalized spacial score (nSPS) is 12.4. The summed E-state index contributed by atoms with van der Waals surface area (Å²) in [5.41, 5.74) is 1.86. The first-order valence-electron chi connectivity index (χ1n) is 13.3. The maximum Gasteiger partial charge on any atom is 0.306 e. The quantitative estimate of drug-likeness (QED) is 0.193. The van der Waals surface area contributed by atoms with Crippen molar-refractivity contribution in [3.63, 3.8) is 0 Å². The van der Waals surface area contributed by atoms with Crippen molar-refractivity contribution in [3.8, 4) is 23.0 Å². The number of rotatable bonds is 17. The Kier molecular flexibility index (Phi) is 13.3. The van der Waals surface area contributed by atoms with Gasteiger partial charge in [0, 0.05) is 19.8 Å². The molecule has 2 N–H and O–H groups in total. The molecule has 0 fully saturated rings. The number of methoxy groups -OCH3 is 2. The molecular formula is C30H42O8. The number of ether oxygens (including phenoxy) is 4. The molecule has 0 heterocycles. The Balaban J connectivity index is 2.11. The molecule has 210 valence electrons. The number of carbonyl (C=O) groups is 2. The van der Waals surface area contributed by atoms with Crippen LogP contribution in [0.1, 0.15) is 76.3 Å². The van der Waals surface area contributed by atoms with Crippen molar-refractivity contribution < 1.29 is 38.7 Å². The summed E-state index contributed by atoms with van der Waals surface area (Å²) in [5, 5.41) is 19.8. The minimum absolute atomic E-state index is 0.0598. The summed E-state index contributed by atoms with van der Waals surface area (Å²) >= 11 is 0. The Morgan fingerprint density at radius 2 is 1.32 bits per heavy atom. The van der Waals surface area contributed by atoms with E-state index in [0.29, 0.717) is 50.0 Å². The average Bonchev–Trinajstić information content (AvgIpc) is 2.89. The number of aryl methyl sites for hydroxylation is 2. The predicted octanol–water partition coefficient (Wildman–Crippen LogP) is 5.88. The van der Waals surface area contributed by atoms with Gasteiger partial charge < -0.3 is 29.2 Å². The number of unbranched alkanes of at least 4 members (excludes halogenated alkanes) is 3. The Hall–Kier alpha value is -3.42. The number of phenolic OH excluding ortho intramolecular Hbond substituents is 2. The highest BCUT2D eigenvalue weighted by atomic mass is 16.6. The zero-order chi connectivity index (χ0) is 27.9. The van der Waals surface area contributed by atoms with Crippen LogP contribution in [0, 0.1) is 0 Å². The molecule has 38 heavy (non-hydrogen) atoms. The zero-order valence-corrected chi connectivity index (χ0v) is 23.0. The van der Waals surface area contributed by atoms with E-state index in [0.717, 1.165) is 36.8 Å². The lowest BCUT2D eigenvalue weighted by Crippen LogP contribution is -2.28. The molecule has 0 aliphatic carbocycles. The third-order valence-electron chi connectivity index (χ3n) is 6.39. The van der Waals surface area contributed by atoms with Gasteiger partial charge in [-0.15, -0.1) is 0 Å². The fourth-order valence-corrected chi connectivity index (χ4v) is 4.33. The maximum absolute atomic E-state index is 12.6. The van der Waals surface area contributed by atoms with Crippen LogP contribution in [0.4, 0.5) is 0 Å². The number of carbonyl (C=O) groups excluding carboxylic acids is 2. The molecule has 2 unspecified atom stereocenters. The standard InChI is InChI=1S/C30H42O8/c1-5-6-7-8-9-30(34)38-25(15-11-23-13-17-27(33)29(19-23)36-4)20-24(37-21(2)31)14-10-22-12-16-26(32)28(18-22)35-3/h12-13,16-19,24-25,32-33H,5-11,14-15,20H2,1-4H3. The SMILES string of the molecule is CCCCCCC(=O)OC(CCc1ccc(O)c(OC)c1)CC(CCc1ccc(O)c(OC)c1)OC(C)=O. The lowest BCUT2D eigenvalue weighted by atomic mass is 9.98. The van der Waals surface area contributed by atoms with E-state index in [1.165, 1.54) is 21.1 Å². The number of benzene rings is 2. The molecule has 2 atom stereocenters. The molecule has 2 rings (SSSR count). The minimum Gasteiger partial charge on any atom is -0.504 e. The first-order chi connectivity index (χ1) is 18.2. The summed E-state index contributed by atoms with van der Waals surface area (Å²) in [6, 6.07) is 10.3. The molecule has 2 aromatic rings. The monoisotopic (exact) mass is 530 g/mol. The highest BCUT2D eigenvalue weighted by Crippen LogP contribution is 2.29. The van der Waals surface area contributed by atoms with Gasteiger partial charge >= 0.3 is 11.9 Å². The van der Waals surface area contributed by atoms with E-state index < -0.39 is 18.2 Å². The molecule has 8 heteroatoms. The molecular weight excluding hydrogens is 488 g/mol. The molecule has 0 radical (unpaired) electrons. The second-order valence-corrected chi connectivity index (χ2v) is 9.48. The Bertz CT molecular complexity index is 1020. The summed E-state index contributed by atoms with van der Waals surface area (Å²) in [7, 11) is 2.99. The van der Waals surface area contributed by atoms with Crippen LogP contribution in [0.25, 0.3) is 0 Å². The number of esters is 2. The first kappa shape index (κ1) is 30.8. The average molecular weight is 531 g/mol. The Labute approximate surface area is 225 Å². The number of aromatic hydroxyl groups is 2. The Morgan fingerprint density at radius 1 is 0.789 bits per heavy atom. The molecule has 0 aliphatic heterocycles. The summed E-state index contributed by atoms with van der Waals surface area (Å²) < 4.78 is 21.9. The molecule has 0 bridgehead atoms. The van der Waals surface area contributed by atoms with Crippen molar-refractivity contribution in [1.82, 2.24) is 0 Å². The van der Waals surface area contributed by atoms with Crippen molar-refractivity contribution in [2.24, 2.45) is 0 Å². The zero-order valence-electron chi connectivity index (χ0n) is 23.0. The topological polar surface area (TPSA) is 112 Å². The van der Waals surface area contributed by atoms with Crippen LogP contribution in [-0.4, -0.2) is 48.6 Å². The molecule has 0 aromatic heterocycles. The first-order valence-corrected chi connectivity index (χ1v) is 13.3. The van der Waals surface area contributed by atoms with E-state index in [9.17, 15) is 19.8 Å². The van der Waals surface area contributed by atoms with Crippen LogP contribution in [-0.2, 0) is 31.9 Å². The maximum atomic E-state index is 12.6. The van der Waals surface area contributed by atoms with Crippen molar-refractivity contribution in [2.45, 2.75) is 90.3 Å². The fraction of sp³-hybridized carbons (Fsp3) is 0.533. The van der Waals surface area contributed by atoms with Crippen molar-refractivity contribution in [2.75, 3.05) is 14.2 Å². The molecule has 0 aliphatic rings. The van der Waals surface area contributed by atoms with Crippen LogP contribution >= 0.6 is 0 Å². The second-order valence-electron chi connectivity index (χ2n) is 9.48. The largest absolute Gasteiger partial charge is 0.504 e. The van der Waals surface area contributed by atoms with Gasteiger partial charge in [-0.3, -0.25) is 9.59 Å². The highest BCUT2D eigenvalue weighted by Gasteiger charge is 2.23. The third kappa shape index (κ3) is 10.9. The van der Waals surface area contributed by atoms with Crippen molar-refractivity contribution in [1.29, 1.82) is 0 Å². The lowest BCUT2D eigenvalue weighted by molar-refractivity contribution is -0.154. The number of hydrogen-bond acceptors (Lipinski definition) is 8. The smallest absolute Gasteiger partial charge is 0.306 e. The van der Waals surface area contributed by atoms with Gasteiger partial charge in [-0.2, -0.15) is 0 Å². The van der Waals surface area contributed by atoms with Gasteiger partial charge in [0.25, 0.3) is 0 Å². The van der Waals surface area contributed by atoms with E-state index in [2.05, 4.69) is 6.92 Å². The van der Waals surface area contributed by atoms with E-state index >= 15 is 0 Å². The summed E-state index contributed by atoms with van der Waals surface area (Å²) in [6.07, 6.45) is 5.96. The van der Waals surface area contributed by atoms with Crippen LogP contribution in [0.5, 0.6) is 23.0 Å². The van der Waals surface area contributed by atoms with Gasteiger partial charge in [0.15, 0.2) is 23.0 Å². The summed E-state index contributed by atoms with van der Waals surface area (Å²) in [6.45, 7) is 3.49. The van der Waals surface area contributed by atoms with Crippen molar-refractivity contribution >= 4 is 11.9 Å². The fourth-order valence-electron chi connectivity index (χ4n) is 4.33. The molecule has 0 saturated carbocycles. The van der Waals surface area contributed by atoms with Gasteiger partial charge in [0.05, 0.1) is 14.2 Å². The van der Waals surface area contributed by atoms with E-state index in [1.54, 1.807) is 30.3 Å². The van der Waals surface area contributed by atoms with Gasteiger partial charge in [0.1, 0.15) is 12.2 Å². The summed E-state index contributed by atoms with van der Waals surface area (Å²) in [4.78, 5) is 24.5. The van der Waals surface area contributed by atoms with Crippen LogP contribution in [0.15, 0.2) is 36.4 Å². The van der Waals surface area contributed by atoms with Crippen LogP contribution in [0.2, 0.25) is 0 Å². The van der Waals surface area contributed by atoms with E-state index in [-0.39, 0.29) is 17.5 Å². The second kappa shape index (κ2) is 16.4. The molecule has 2 aromatic carbocycles. The lowest BCUT2D eigenvalue weighted by Gasteiger charge is -2.24. The minimum atomic E-state index is -0.459. The number of hydrogen-bond donors (Lipinski definition) is 2. The summed E-state index contributed by atoms with van der Waals surface area (Å²) in [5.74, 6) is 0.238. The van der Waals surface area contributed by atoms with Crippen LogP contribution in [0.3, 0.4) is 0 Å². The third-order valence-corrected chi connectivity index (χ3v) is 6.39. The van der Waals surface area contributed by atoms with Gasteiger partial charge in [0.2, 0.25) is 0 Å². The van der Waals surface area contributed by atoms with Gasteiger partial charge in [-0.05, 0) is 67.5 Å².